The number of hydrogen-bond donors (Lipinski definition) is 2. The molecule has 5 rings (SSSR count). The monoisotopic (exact) mass is 436 g/mol. The van der Waals surface area contributed by atoms with Crippen LogP contribution < -0.4 is 15.4 Å². The highest BCUT2D eigenvalue weighted by Crippen LogP contribution is 2.31. The van der Waals surface area contributed by atoms with Crippen molar-refractivity contribution < 1.29 is 14.3 Å². The van der Waals surface area contributed by atoms with E-state index in [1.165, 1.54) is 0 Å². The molecule has 0 saturated heterocycles. The second kappa shape index (κ2) is 8.07. The van der Waals surface area contributed by atoms with Crippen LogP contribution in [0.25, 0.3) is 5.69 Å². The summed E-state index contributed by atoms with van der Waals surface area (Å²) in [6, 6.07) is 12.7. The van der Waals surface area contributed by atoms with Crippen LogP contribution in [0.3, 0.4) is 0 Å². The van der Waals surface area contributed by atoms with Gasteiger partial charge in [0.1, 0.15) is 5.75 Å². The smallest absolute Gasteiger partial charge is 0.276 e. The Morgan fingerprint density at radius 2 is 1.90 bits per heavy atom. The molecular weight excluding hydrogens is 416 g/mol. The summed E-state index contributed by atoms with van der Waals surface area (Å²) < 4.78 is 7.25. The van der Waals surface area contributed by atoms with Gasteiger partial charge in [0.05, 0.1) is 11.4 Å². The minimum Gasteiger partial charge on any atom is -0.482 e. The molecule has 2 heterocycles. The molecular formula is C23H21ClN4O3. The molecule has 0 unspecified atom stereocenters. The van der Waals surface area contributed by atoms with Crippen molar-refractivity contribution in [2.45, 2.75) is 32.1 Å². The Balaban J connectivity index is 1.48. The van der Waals surface area contributed by atoms with Crippen molar-refractivity contribution >= 4 is 34.8 Å². The molecule has 0 bridgehead atoms. The summed E-state index contributed by atoms with van der Waals surface area (Å²) in [4.78, 5) is 24.8. The van der Waals surface area contributed by atoms with Gasteiger partial charge in [-0.25, -0.2) is 4.68 Å². The zero-order valence-electron chi connectivity index (χ0n) is 16.8. The molecule has 2 N–H and O–H groups in total. The number of benzene rings is 2. The molecule has 1 aromatic heterocycles. The highest BCUT2D eigenvalue weighted by atomic mass is 35.5. The number of fused-ring (bicyclic) bond motifs is 2. The quantitative estimate of drug-likeness (QED) is 0.597. The first kappa shape index (κ1) is 19.6. The van der Waals surface area contributed by atoms with E-state index in [1.807, 2.05) is 28.9 Å². The number of hydrogen-bond acceptors (Lipinski definition) is 4. The summed E-state index contributed by atoms with van der Waals surface area (Å²) in [6.07, 6.45) is 4.92. The van der Waals surface area contributed by atoms with E-state index in [0.717, 1.165) is 49.0 Å². The molecule has 7 nitrogen and oxygen atoms in total. The lowest BCUT2D eigenvalue weighted by Crippen LogP contribution is -2.25. The molecule has 8 heteroatoms. The lowest BCUT2D eigenvalue weighted by molar-refractivity contribution is -0.118. The first-order valence-corrected chi connectivity index (χ1v) is 10.7. The van der Waals surface area contributed by atoms with Gasteiger partial charge in [-0.05, 0) is 68.1 Å². The number of carbonyl (C=O) groups is 2. The molecule has 0 fully saturated rings. The maximum absolute atomic E-state index is 13.2. The third-order valence-corrected chi connectivity index (χ3v) is 5.84. The molecule has 0 spiro atoms. The van der Waals surface area contributed by atoms with Gasteiger partial charge in [-0.3, -0.25) is 9.59 Å². The lowest BCUT2D eigenvalue weighted by Gasteiger charge is -2.18. The number of ether oxygens (including phenoxy) is 1. The highest BCUT2D eigenvalue weighted by Gasteiger charge is 2.25. The number of amides is 2. The molecule has 0 radical (unpaired) electrons. The van der Waals surface area contributed by atoms with E-state index in [-0.39, 0.29) is 18.4 Å². The fourth-order valence-corrected chi connectivity index (χ4v) is 4.23. The molecule has 2 aromatic carbocycles. The van der Waals surface area contributed by atoms with Crippen LogP contribution >= 0.6 is 11.6 Å². The topological polar surface area (TPSA) is 85.2 Å². The number of aromatic nitrogens is 2. The molecule has 2 aliphatic rings. The molecule has 0 atom stereocenters. The van der Waals surface area contributed by atoms with Crippen molar-refractivity contribution in [3.05, 3.63) is 64.4 Å². The summed E-state index contributed by atoms with van der Waals surface area (Å²) in [5.41, 5.74) is 4.51. The van der Waals surface area contributed by atoms with Crippen LogP contribution in [0.1, 0.15) is 41.0 Å². The van der Waals surface area contributed by atoms with Gasteiger partial charge in [-0.2, -0.15) is 5.10 Å². The fraction of sp³-hybridized carbons (Fsp3) is 0.261. The lowest BCUT2D eigenvalue weighted by atomic mass is 10.1. The van der Waals surface area contributed by atoms with Gasteiger partial charge in [0.15, 0.2) is 12.3 Å². The second-order valence-electron chi connectivity index (χ2n) is 7.72. The number of nitrogens with one attached hydrogen (secondary N) is 2. The average molecular weight is 437 g/mol. The maximum Gasteiger partial charge on any atom is 0.276 e. The van der Waals surface area contributed by atoms with Crippen LogP contribution in [0, 0.1) is 0 Å². The van der Waals surface area contributed by atoms with Gasteiger partial charge >= 0.3 is 0 Å². The minimum atomic E-state index is -0.270. The summed E-state index contributed by atoms with van der Waals surface area (Å²) in [5, 5.41) is 11.0. The van der Waals surface area contributed by atoms with E-state index < -0.39 is 0 Å². The number of nitrogens with zero attached hydrogens (tertiary/aromatic N) is 2. The van der Waals surface area contributed by atoms with Crippen molar-refractivity contribution in [2.24, 2.45) is 0 Å². The Labute approximate surface area is 184 Å². The Hall–Kier alpha value is -3.32. The average Bonchev–Trinajstić information content (AvgIpc) is 2.95. The maximum atomic E-state index is 13.2. The SMILES string of the molecule is O=C1COc2ccc(NC(=O)c3nn(-c4ccc(Cl)cc4)c4c3CCCCC4)cc2N1. The Kier molecular flexibility index (Phi) is 5.11. The van der Waals surface area contributed by atoms with Crippen LogP contribution in [-0.2, 0) is 17.6 Å². The predicted molar refractivity (Wildman–Crippen MR) is 118 cm³/mol. The number of carbonyl (C=O) groups excluding carboxylic acids is 2. The minimum absolute atomic E-state index is 0.00697. The molecule has 1 aliphatic carbocycles. The van der Waals surface area contributed by atoms with Gasteiger partial charge in [-0.1, -0.05) is 18.0 Å². The van der Waals surface area contributed by atoms with Crippen LogP contribution in [-0.4, -0.2) is 28.2 Å². The van der Waals surface area contributed by atoms with Crippen LogP contribution in [0.5, 0.6) is 5.75 Å². The summed E-state index contributed by atoms with van der Waals surface area (Å²) in [7, 11) is 0. The molecule has 2 amide bonds. The van der Waals surface area contributed by atoms with E-state index in [2.05, 4.69) is 10.6 Å². The summed E-state index contributed by atoms with van der Waals surface area (Å²) >= 11 is 6.05. The van der Waals surface area contributed by atoms with Gasteiger partial charge in [-0.15, -0.1) is 0 Å². The van der Waals surface area contributed by atoms with Gasteiger partial charge in [0.25, 0.3) is 11.8 Å². The zero-order chi connectivity index (χ0) is 21.4. The molecule has 0 saturated carbocycles. The highest BCUT2D eigenvalue weighted by molar-refractivity contribution is 6.30. The van der Waals surface area contributed by atoms with Crippen molar-refractivity contribution in [1.29, 1.82) is 0 Å². The molecule has 1 aliphatic heterocycles. The number of halogens is 1. The zero-order valence-corrected chi connectivity index (χ0v) is 17.5. The summed E-state index contributed by atoms with van der Waals surface area (Å²) in [5.74, 6) is 0.0929. The van der Waals surface area contributed by atoms with E-state index in [0.29, 0.717) is 27.8 Å². The Morgan fingerprint density at radius 1 is 1.10 bits per heavy atom. The van der Waals surface area contributed by atoms with Crippen molar-refractivity contribution in [3.63, 3.8) is 0 Å². The fourth-order valence-electron chi connectivity index (χ4n) is 4.11. The largest absolute Gasteiger partial charge is 0.482 e. The van der Waals surface area contributed by atoms with Crippen LogP contribution in [0.15, 0.2) is 42.5 Å². The van der Waals surface area contributed by atoms with E-state index in [4.69, 9.17) is 21.4 Å². The third-order valence-electron chi connectivity index (χ3n) is 5.59. The third kappa shape index (κ3) is 3.88. The first-order valence-electron chi connectivity index (χ1n) is 10.3. The Morgan fingerprint density at radius 3 is 2.74 bits per heavy atom. The molecule has 158 valence electrons. The van der Waals surface area contributed by atoms with Gasteiger partial charge in [0, 0.05) is 22.0 Å². The predicted octanol–water partition coefficient (Wildman–Crippen LogP) is 4.38. The normalized spacial score (nSPS) is 15.2. The molecule has 3 aromatic rings. The standard InChI is InChI=1S/C23H21ClN4O3/c24-14-6-9-16(10-7-14)28-19-5-3-1-2-4-17(19)22(27-28)23(30)25-15-8-11-20-18(12-15)26-21(29)13-31-20/h6-12H,1-5,13H2,(H,25,30)(H,26,29). The number of rotatable bonds is 3. The van der Waals surface area contributed by atoms with Crippen molar-refractivity contribution in [3.8, 4) is 11.4 Å². The van der Waals surface area contributed by atoms with E-state index in [9.17, 15) is 9.59 Å². The first-order chi connectivity index (χ1) is 15.1. The Bertz CT molecular complexity index is 1170. The van der Waals surface area contributed by atoms with E-state index in [1.54, 1.807) is 18.2 Å². The van der Waals surface area contributed by atoms with Gasteiger partial charge in [0.2, 0.25) is 0 Å². The number of anilines is 2. The van der Waals surface area contributed by atoms with Crippen molar-refractivity contribution in [2.75, 3.05) is 17.2 Å². The van der Waals surface area contributed by atoms with Crippen molar-refractivity contribution in [1.82, 2.24) is 9.78 Å². The van der Waals surface area contributed by atoms with E-state index >= 15 is 0 Å². The van der Waals surface area contributed by atoms with Gasteiger partial charge < -0.3 is 15.4 Å². The second-order valence-corrected chi connectivity index (χ2v) is 8.16. The molecule has 31 heavy (non-hydrogen) atoms. The summed E-state index contributed by atoms with van der Waals surface area (Å²) in [6.45, 7) is -0.00697. The van der Waals surface area contributed by atoms with Crippen LogP contribution in [0.2, 0.25) is 5.02 Å². The van der Waals surface area contributed by atoms with Crippen LogP contribution in [0.4, 0.5) is 11.4 Å².